The first-order chi connectivity index (χ1) is 15.1. The Balaban J connectivity index is 0.000000238. The lowest BCUT2D eigenvalue weighted by molar-refractivity contribution is -0.132. The van der Waals surface area contributed by atoms with Crippen LogP contribution in [0.25, 0.3) is 0 Å². The Bertz CT molecular complexity index is 1020. The number of hydrogen-bond acceptors (Lipinski definition) is 6. The summed E-state index contributed by atoms with van der Waals surface area (Å²) in [6.45, 7) is 13.6. The highest BCUT2D eigenvalue weighted by molar-refractivity contribution is 7.90. The van der Waals surface area contributed by atoms with Gasteiger partial charge in [-0.1, -0.05) is 0 Å². The first-order valence-corrected chi connectivity index (χ1v) is 13.1. The van der Waals surface area contributed by atoms with E-state index in [-0.39, 0.29) is 17.5 Å². The maximum absolute atomic E-state index is 11.9. The number of hydrogen-bond donors (Lipinski definition) is 2. The number of nitrogens with two attached hydrogens (primary N) is 2. The molecule has 0 saturated carbocycles. The molecule has 1 saturated heterocycles. The molecule has 9 nitrogen and oxygen atoms in total. The zero-order valence-corrected chi connectivity index (χ0v) is 21.8. The molecule has 1 aromatic rings. The van der Waals surface area contributed by atoms with E-state index in [1.807, 2.05) is 39.5 Å². The molecule has 4 N–H and O–H groups in total. The Kier molecular flexibility index (Phi) is 8.40. The quantitative estimate of drug-likeness (QED) is 0.487. The Labute approximate surface area is 198 Å². The van der Waals surface area contributed by atoms with Gasteiger partial charge in [0.05, 0.1) is 11.4 Å². The second kappa shape index (κ2) is 10.3. The van der Waals surface area contributed by atoms with Gasteiger partial charge in [-0.3, -0.25) is 9.79 Å². The van der Waals surface area contributed by atoms with Crippen molar-refractivity contribution in [3.8, 4) is 5.75 Å². The molecule has 0 bridgehead atoms. The van der Waals surface area contributed by atoms with E-state index in [0.717, 1.165) is 60.6 Å². The number of ether oxygens (including phenoxy) is 1. The molecular weight excluding hydrogens is 442 g/mol. The van der Waals surface area contributed by atoms with Crippen LogP contribution in [-0.4, -0.2) is 81.7 Å². The minimum Gasteiger partial charge on any atom is -0.487 e. The summed E-state index contributed by atoms with van der Waals surface area (Å²) in [5.41, 5.74) is 13.7. The topological polar surface area (TPSA) is 131 Å². The van der Waals surface area contributed by atoms with E-state index in [4.69, 9.17) is 16.2 Å². The number of benzene rings is 1. The maximum atomic E-state index is 11.9. The molecule has 0 spiro atoms. The Morgan fingerprint density at radius 1 is 1.06 bits per heavy atom. The van der Waals surface area contributed by atoms with E-state index >= 15 is 0 Å². The normalized spacial score (nSPS) is 17.5. The molecule has 0 atom stereocenters. The van der Waals surface area contributed by atoms with Crippen molar-refractivity contribution >= 4 is 21.7 Å². The summed E-state index contributed by atoms with van der Waals surface area (Å²) >= 11 is 0. The molecule has 0 aliphatic carbocycles. The highest BCUT2D eigenvalue weighted by Gasteiger charge is 2.35. The molecule has 3 rings (SSSR count). The molecule has 0 unspecified atom stereocenters. The summed E-state index contributed by atoms with van der Waals surface area (Å²) in [7, 11) is -1.14. The fraction of sp³-hybridized carbons (Fsp3) is 0.652. The van der Waals surface area contributed by atoms with Crippen LogP contribution in [0.2, 0.25) is 0 Å². The molecule has 1 fully saturated rings. The van der Waals surface area contributed by atoms with Crippen molar-refractivity contribution in [1.29, 1.82) is 0 Å². The number of aliphatic imine (C=N–C) groups is 1. The van der Waals surface area contributed by atoms with Gasteiger partial charge in [-0.25, -0.2) is 8.42 Å². The number of rotatable bonds is 4. The monoisotopic (exact) mass is 481 g/mol. The molecular formula is C23H39N5O4S. The van der Waals surface area contributed by atoms with E-state index in [1.54, 1.807) is 0 Å². The van der Waals surface area contributed by atoms with Crippen LogP contribution < -0.4 is 16.2 Å². The lowest BCUT2D eigenvalue weighted by Gasteiger charge is -2.32. The molecule has 0 aromatic heterocycles. The number of fused-ring (bicyclic) bond motifs is 1. The second-order valence-corrected chi connectivity index (χ2v) is 11.5. The van der Waals surface area contributed by atoms with Crippen molar-refractivity contribution in [1.82, 2.24) is 9.80 Å². The smallest absolute Gasteiger partial charge is 0.224 e. The number of nitrogens with zero attached hydrogens (tertiary/aromatic N) is 3. The lowest BCUT2D eigenvalue weighted by Crippen LogP contribution is -2.47. The maximum Gasteiger partial charge on any atom is 0.224 e. The minimum atomic E-state index is -3.20. The van der Waals surface area contributed by atoms with Gasteiger partial charge >= 0.3 is 0 Å². The van der Waals surface area contributed by atoms with Gasteiger partial charge in [0.25, 0.3) is 0 Å². The molecule has 1 amide bonds. The first kappa shape index (κ1) is 26.9. The van der Waals surface area contributed by atoms with Crippen LogP contribution in [0.5, 0.6) is 5.75 Å². The largest absolute Gasteiger partial charge is 0.487 e. The molecule has 1 aromatic carbocycles. The molecule has 186 valence electrons. The van der Waals surface area contributed by atoms with Crippen LogP contribution in [0.3, 0.4) is 0 Å². The van der Waals surface area contributed by atoms with Gasteiger partial charge in [0.2, 0.25) is 5.91 Å². The summed E-state index contributed by atoms with van der Waals surface area (Å²) < 4.78 is 29.9. The van der Waals surface area contributed by atoms with Crippen LogP contribution in [0.1, 0.15) is 42.5 Å². The van der Waals surface area contributed by atoms with Crippen LogP contribution in [0, 0.1) is 20.8 Å². The second-order valence-electron chi connectivity index (χ2n) is 9.56. The fourth-order valence-electron chi connectivity index (χ4n) is 4.30. The van der Waals surface area contributed by atoms with Crippen molar-refractivity contribution in [3.63, 3.8) is 0 Å². The third kappa shape index (κ3) is 6.83. The number of sulfone groups is 1. The summed E-state index contributed by atoms with van der Waals surface area (Å²) in [6, 6.07) is 0. The predicted octanol–water partition coefficient (Wildman–Crippen LogP) is 1.15. The van der Waals surface area contributed by atoms with Gasteiger partial charge in [0, 0.05) is 50.8 Å². The minimum absolute atomic E-state index is 0.0428. The van der Waals surface area contributed by atoms with Crippen molar-refractivity contribution in [2.24, 2.45) is 16.5 Å². The van der Waals surface area contributed by atoms with Crippen LogP contribution in [-0.2, 0) is 21.1 Å². The average molecular weight is 482 g/mol. The third-order valence-corrected chi connectivity index (χ3v) is 7.49. The van der Waals surface area contributed by atoms with Gasteiger partial charge in [0.1, 0.15) is 11.4 Å². The Morgan fingerprint density at radius 2 is 1.64 bits per heavy atom. The Morgan fingerprint density at radius 3 is 2.15 bits per heavy atom. The van der Waals surface area contributed by atoms with Crippen molar-refractivity contribution < 1.29 is 17.9 Å². The van der Waals surface area contributed by atoms with Gasteiger partial charge in [-0.2, -0.15) is 0 Å². The average Bonchev–Trinajstić information content (AvgIpc) is 3.02. The summed E-state index contributed by atoms with van der Waals surface area (Å²) in [4.78, 5) is 20.0. The van der Waals surface area contributed by atoms with Gasteiger partial charge in [0.15, 0.2) is 15.8 Å². The summed E-state index contributed by atoms with van der Waals surface area (Å²) in [5.74, 6) is 1.05. The SMILES string of the molecule is CN1CCN(C(=O)CCN=C(N)N)CC1.Cc1c(C)c(S(C)(=O)=O)c(C)c2c1OC(C)(C)C2. The first-order valence-electron chi connectivity index (χ1n) is 11.2. The molecule has 2 aliphatic rings. The number of carbonyl (C=O) groups excluding carboxylic acids is 1. The Hall–Kier alpha value is -2.33. The summed E-state index contributed by atoms with van der Waals surface area (Å²) in [5, 5.41) is 0. The molecule has 0 radical (unpaired) electrons. The highest BCUT2D eigenvalue weighted by Crippen LogP contribution is 2.43. The van der Waals surface area contributed by atoms with Gasteiger partial charge in [-0.15, -0.1) is 0 Å². The van der Waals surface area contributed by atoms with E-state index in [0.29, 0.717) is 17.9 Å². The van der Waals surface area contributed by atoms with E-state index < -0.39 is 9.84 Å². The zero-order valence-electron chi connectivity index (χ0n) is 21.0. The zero-order chi connectivity index (χ0) is 25.1. The van der Waals surface area contributed by atoms with Crippen LogP contribution in [0.15, 0.2) is 9.89 Å². The number of guanidine groups is 1. The van der Waals surface area contributed by atoms with Crippen molar-refractivity contribution in [2.45, 2.75) is 58.0 Å². The number of piperazine rings is 1. The van der Waals surface area contributed by atoms with E-state index in [9.17, 15) is 13.2 Å². The van der Waals surface area contributed by atoms with Crippen molar-refractivity contribution in [2.75, 3.05) is 46.0 Å². The fourth-order valence-corrected chi connectivity index (χ4v) is 5.68. The van der Waals surface area contributed by atoms with E-state index in [2.05, 4.69) is 16.9 Å². The van der Waals surface area contributed by atoms with Crippen LogP contribution >= 0.6 is 0 Å². The summed E-state index contributed by atoms with van der Waals surface area (Å²) in [6.07, 6.45) is 2.43. The van der Waals surface area contributed by atoms with Crippen molar-refractivity contribution in [3.05, 3.63) is 22.3 Å². The third-order valence-electron chi connectivity index (χ3n) is 6.14. The number of amides is 1. The predicted molar refractivity (Wildman–Crippen MR) is 132 cm³/mol. The van der Waals surface area contributed by atoms with Gasteiger partial charge < -0.3 is 26.0 Å². The standard InChI is InChI=1S/C14H20O3S.C9H19N5O/c1-8-9(2)13(18(6,15)16)10(3)11-7-14(4,5)17-12(8)11;1-13-4-6-14(7-5-13)8(15)2-3-12-9(10)11/h7H2,1-6H3;2-7H2,1H3,(H4,10,11,12). The van der Waals surface area contributed by atoms with Crippen LogP contribution in [0.4, 0.5) is 0 Å². The molecule has 2 heterocycles. The molecule has 33 heavy (non-hydrogen) atoms. The van der Waals surface area contributed by atoms with Gasteiger partial charge in [-0.05, 0) is 58.4 Å². The number of carbonyl (C=O) groups is 1. The highest BCUT2D eigenvalue weighted by atomic mass is 32.2. The number of likely N-dealkylation sites (N-methyl/N-ethyl adjacent to an activating group) is 1. The molecule has 2 aliphatic heterocycles. The van der Waals surface area contributed by atoms with E-state index in [1.165, 1.54) is 6.26 Å². The lowest BCUT2D eigenvalue weighted by atomic mass is 9.94. The molecule has 10 heteroatoms.